The molecule has 0 aliphatic heterocycles. The Labute approximate surface area is 117 Å². The summed E-state index contributed by atoms with van der Waals surface area (Å²) in [6.45, 7) is 0.548. The fourth-order valence-electron chi connectivity index (χ4n) is 1.45. The van der Waals surface area contributed by atoms with Crippen LogP contribution >= 0.6 is 0 Å². The summed E-state index contributed by atoms with van der Waals surface area (Å²) in [6, 6.07) is -1.87. The van der Waals surface area contributed by atoms with Crippen molar-refractivity contribution in [1.82, 2.24) is 10.2 Å². The smallest absolute Gasteiger partial charge is 0.326 e. The fraction of sp³-hybridized carbons (Fsp3) is 0.750. The van der Waals surface area contributed by atoms with Gasteiger partial charge in [-0.25, -0.2) is 9.59 Å². The monoisotopic (exact) mass is 290 g/mol. The van der Waals surface area contributed by atoms with Gasteiger partial charge in [-0.05, 0) is 19.3 Å². The van der Waals surface area contributed by atoms with Crippen LogP contribution < -0.4 is 5.32 Å². The second-order valence-electron chi connectivity index (χ2n) is 4.33. The molecule has 0 spiro atoms. The maximum atomic E-state index is 11.7. The molecule has 20 heavy (non-hydrogen) atoms. The van der Waals surface area contributed by atoms with E-state index < -0.39 is 30.4 Å². The molecular weight excluding hydrogens is 268 g/mol. The zero-order valence-electron chi connectivity index (χ0n) is 11.8. The number of unbranched alkanes of at least 4 members (excludes halogenated alkanes) is 2. The molecule has 1 atom stereocenters. The Hall–Kier alpha value is -1.83. The van der Waals surface area contributed by atoms with Gasteiger partial charge in [0, 0.05) is 20.2 Å². The third-order valence-electron chi connectivity index (χ3n) is 2.69. The number of amides is 2. The molecule has 0 aliphatic carbocycles. The number of rotatable bonds is 9. The van der Waals surface area contributed by atoms with E-state index in [4.69, 9.17) is 10.2 Å². The van der Waals surface area contributed by atoms with E-state index in [0.717, 1.165) is 13.5 Å². The molecule has 2 amide bonds. The van der Waals surface area contributed by atoms with Crippen LogP contribution in [0.3, 0.4) is 0 Å². The van der Waals surface area contributed by atoms with Crippen LogP contribution in [0, 0.1) is 0 Å². The van der Waals surface area contributed by atoms with Gasteiger partial charge in [0.25, 0.3) is 0 Å². The number of esters is 1. The van der Waals surface area contributed by atoms with E-state index in [1.807, 2.05) is 0 Å². The third kappa shape index (κ3) is 7.57. The van der Waals surface area contributed by atoms with Gasteiger partial charge >= 0.3 is 18.0 Å². The molecule has 8 heteroatoms. The number of hydrogen-bond acceptors (Lipinski definition) is 5. The lowest BCUT2D eigenvalue weighted by Gasteiger charge is -2.20. The first-order valence-corrected chi connectivity index (χ1v) is 6.34. The number of nitrogens with one attached hydrogen (secondary N) is 1. The van der Waals surface area contributed by atoms with E-state index in [2.05, 4.69) is 10.1 Å². The molecule has 8 nitrogen and oxygen atoms in total. The Morgan fingerprint density at radius 2 is 1.90 bits per heavy atom. The molecule has 0 aliphatic rings. The molecule has 0 aromatic carbocycles. The maximum absolute atomic E-state index is 11.7. The molecule has 0 radical (unpaired) electrons. The largest absolute Gasteiger partial charge is 0.480 e. The van der Waals surface area contributed by atoms with Crippen molar-refractivity contribution >= 4 is 18.0 Å². The van der Waals surface area contributed by atoms with Crippen LogP contribution in [-0.2, 0) is 14.3 Å². The number of methoxy groups -OCH3 is 1. The van der Waals surface area contributed by atoms with Crippen molar-refractivity contribution in [1.29, 1.82) is 0 Å². The Morgan fingerprint density at radius 3 is 2.40 bits per heavy atom. The lowest BCUT2D eigenvalue weighted by atomic mass is 10.2. The number of carboxylic acid groups (broad SMARTS) is 1. The average molecular weight is 290 g/mol. The number of carbonyl (C=O) groups excluding carboxylic acids is 2. The van der Waals surface area contributed by atoms with Crippen LogP contribution in [0.4, 0.5) is 4.79 Å². The number of carbonyl (C=O) groups is 3. The van der Waals surface area contributed by atoms with Crippen LogP contribution in [0.2, 0.25) is 0 Å². The zero-order valence-corrected chi connectivity index (χ0v) is 11.8. The number of ether oxygens (including phenoxy) is 1. The van der Waals surface area contributed by atoms with Crippen LogP contribution in [0.15, 0.2) is 0 Å². The molecule has 3 N–H and O–H groups in total. The highest BCUT2D eigenvalue weighted by Gasteiger charge is 2.24. The van der Waals surface area contributed by atoms with Gasteiger partial charge in [0.05, 0.1) is 13.5 Å². The van der Waals surface area contributed by atoms with Crippen molar-refractivity contribution in [3.8, 4) is 0 Å². The lowest BCUT2D eigenvalue weighted by molar-refractivity contribution is -0.147. The molecule has 116 valence electrons. The predicted molar refractivity (Wildman–Crippen MR) is 70.2 cm³/mol. The predicted octanol–water partition coefficient (Wildman–Crippen LogP) is -0.193. The molecule has 0 saturated heterocycles. The highest BCUT2D eigenvalue weighted by molar-refractivity contribution is 5.86. The summed E-state index contributed by atoms with van der Waals surface area (Å²) >= 11 is 0. The summed E-state index contributed by atoms with van der Waals surface area (Å²) in [5.41, 5.74) is 0. The molecule has 0 rings (SSSR count). The van der Waals surface area contributed by atoms with Gasteiger partial charge in [-0.2, -0.15) is 0 Å². The van der Waals surface area contributed by atoms with Gasteiger partial charge < -0.3 is 25.2 Å². The Morgan fingerprint density at radius 1 is 1.25 bits per heavy atom. The van der Waals surface area contributed by atoms with Gasteiger partial charge in [0.1, 0.15) is 6.04 Å². The molecular formula is C12H22N2O6. The summed E-state index contributed by atoms with van der Waals surface area (Å²) in [6.07, 6.45) is 1.73. The molecule has 0 unspecified atom stereocenters. The number of hydrogen-bond donors (Lipinski definition) is 3. The highest BCUT2D eigenvalue weighted by atomic mass is 16.5. The van der Waals surface area contributed by atoms with Gasteiger partial charge in [-0.1, -0.05) is 0 Å². The second kappa shape index (κ2) is 10.0. The highest BCUT2D eigenvalue weighted by Crippen LogP contribution is 2.00. The van der Waals surface area contributed by atoms with Crippen molar-refractivity contribution in [2.24, 2.45) is 0 Å². The van der Waals surface area contributed by atoms with Crippen LogP contribution in [-0.4, -0.2) is 66.4 Å². The van der Waals surface area contributed by atoms with E-state index in [0.29, 0.717) is 19.4 Å². The lowest BCUT2D eigenvalue weighted by Crippen LogP contribution is -2.47. The minimum absolute atomic E-state index is 0.107. The summed E-state index contributed by atoms with van der Waals surface area (Å²) in [5.74, 6) is -2.00. The first-order chi connectivity index (χ1) is 9.42. The van der Waals surface area contributed by atoms with Gasteiger partial charge in [0.2, 0.25) is 0 Å². The summed E-state index contributed by atoms with van der Waals surface area (Å²) in [4.78, 5) is 35.1. The SMILES string of the molecule is COC(=O)C[C@H](NC(=O)N(C)CCCCCO)C(=O)O. The van der Waals surface area contributed by atoms with E-state index >= 15 is 0 Å². The van der Waals surface area contributed by atoms with E-state index in [-0.39, 0.29) is 6.61 Å². The summed E-state index contributed by atoms with van der Waals surface area (Å²) in [7, 11) is 2.68. The van der Waals surface area contributed by atoms with Gasteiger partial charge in [-0.15, -0.1) is 0 Å². The maximum Gasteiger partial charge on any atom is 0.326 e. The fourth-order valence-corrected chi connectivity index (χ4v) is 1.45. The Kier molecular flexibility index (Phi) is 9.10. The summed E-state index contributed by atoms with van der Waals surface area (Å²) in [5, 5.41) is 19.8. The molecule has 0 bridgehead atoms. The van der Waals surface area contributed by atoms with Crippen LogP contribution in [0.5, 0.6) is 0 Å². The average Bonchev–Trinajstić information content (AvgIpc) is 2.41. The van der Waals surface area contributed by atoms with Crippen molar-refractivity contribution in [3.63, 3.8) is 0 Å². The normalized spacial score (nSPS) is 11.6. The number of aliphatic carboxylic acids is 1. The quantitative estimate of drug-likeness (QED) is 0.400. The van der Waals surface area contributed by atoms with Gasteiger partial charge in [0.15, 0.2) is 0 Å². The molecule has 0 aromatic rings. The number of urea groups is 1. The Balaban J connectivity index is 4.23. The minimum atomic E-state index is -1.31. The summed E-state index contributed by atoms with van der Waals surface area (Å²) < 4.78 is 4.37. The van der Waals surface area contributed by atoms with Crippen LogP contribution in [0.25, 0.3) is 0 Å². The van der Waals surface area contributed by atoms with Crippen molar-refractivity contribution < 1.29 is 29.3 Å². The number of aliphatic hydroxyl groups excluding tert-OH is 1. The van der Waals surface area contributed by atoms with Crippen molar-refractivity contribution in [3.05, 3.63) is 0 Å². The first kappa shape index (κ1) is 18.2. The third-order valence-corrected chi connectivity index (χ3v) is 2.69. The van der Waals surface area contributed by atoms with E-state index in [1.54, 1.807) is 0 Å². The van der Waals surface area contributed by atoms with Crippen molar-refractivity contribution in [2.45, 2.75) is 31.7 Å². The standard InChI is InChI=1S/C12H22N2O6/c1-14(6-4-3-5-7-15)12(19)13-9(11(17)18)8-10(16)20-2/h9,15H,3-8H2,1-2H3,(H,13,19)(H,17,18)/t9-/m0/s1. The van der Waals surface area contributed by atoms with Crippen LogP contribution in [0.1, 0.15) is 25.7 Å². The Bertz CT molecular complexity index is 334. The number of nitrogens with zero attached hydrogens (tertiary/aromatic N) is 1. The second-order valence-corrected chi connectivity index (χ2v) is 4.33. The minimum Gasteiger partial charge on any atom is -0.480 e. The molecule has 0 heterocycles. The number of carboxylic acids is 1. The molecule has 0 fully saturated rings. The zero-order chi connectivity index (χ0) is 15.5. The van der Waals surface area contributed by atoms with E-state index in [1.165, 1.54) is 11.9 Å². The molecule has 0 saturated carbocycles. The molecule has 0 aromatic heterocycles. The first-order valence-electron chi connectivity index (χ1n) is 6.34. The van der Waals surface area contributed by atoms with Crippen molar-refractivity contribution in [2.75, 3.05) is 27.3 Å². The van der Waals surface area contributed by atoms with E-state index in [9.17, 15) is 14.4 Å². The van der Waals surface area contributed by atoms with Gasteiger partial charge in [-0.3, -0.25) is 4.79 Å². The topological polar surface area (TPSA) is 116 Å². The number of aliphatic hydroxyl groups is 1.